The van der Waals surface area contributed by atoms with Crippen LogP contribution in [0.4, 0.5) is 0 Å². The normalized spacial score (nSPS) is 21.2. The molecule has 0 radical (unpaired) electrons. The van der Waals surface area contributed by atoms with Gasteiger partial charge in [-0.25, -0.2) is 0 Å². The van der Waals surface area contributed by atoms with E-state index in [1.54, 1.807) is 4.90 Å². The summed E-state index contributed by atoms with van der Waals surface area (Å²) in [6, 6.07) is 8.73. The lowest BCUT2D eigenvalue weighted by Crippen LogP contribution is -2.65. The second-order valence-corrected chi connectivity index (χ2v) is 7.66. The molecule has 1 aromatic rings. The fourth-order valence-electron chi connectivity index (χ4n) is 3.96. The molecule has 0 unspecified atom stereocenters. The summed E-state index contributed by atoms with van der Waals surface area (Å²) in [4.78, 5) is 28.3. The maximum absolute atomic E-state index is 12.6. The van der Waals surface area contributed by atoms with Gasteiger partial charge in [0.05, 0.1) is 12.1 Å². The van der Waals surface area contributed by atoms with E-state index in [1.165, 1.54) is 0 Å². The Labute approximate surface area is 154 Å². The summed E-state index contributed by atoms with van der Waals surface area (Å²) in [5.41, 5.74) is 18.5. The molecule has 2 aliphatic heterocycles. The Morgan fingerprint density at radius 2 is 1.54 bits per heavy atom. The summed E-state index contributed by atoms with van der Waals surface area (Å²) in [7, 11) is 0. The minimum atomic E-state index is -0.612. The topological polar surface area (TPSA) is 119 Å². The van der Waals surface area contributed by atoms with Gasteiger partial charge in [-0.05, 0) is 24.8 Å². The predicted molar refractivity (Wildman–Crippen MR) is 100.0 cm³/mol. The van der Waals surface area contributed by atoms with E-state index < -0.39 is 12.1 Å². The summed E-state index contributed by atoms with van der Waals surface area (Å²) in [5.74, 6) is -0.0531. The van der Waals surface area contributed by atoms with Crippen molar-refractivity contribution in [3.63, 3.8) is 0 Å². The Bertz CT molecular complexity index is 635. The van der Waals surface area contributed by atoms with Gasteiger partial charge in [-0.1, -0.05) is 30.3 Å². The van der Waals surface area contributed by atoms with Crippen LogP contribution in [0, 0.1) is 5.41 Å². The average molecular weight is 359 g/mol. The van der Waals surface area contributed by atoms with Crippen LogP contribution < -0.4 is 17.2 Å². The Balaban J connectivity index is 1.46. The molecule has 1 aromatic carbocycles. The number of benzene rings is 1. The third-order valence-corrected chi connectivity index (χ3v) is 5.69. The third kappa shape index (κ3) is 3.90. The maximum Gasteiger partial charge on any atom is 0.240 e. The van der Waals surface area contributed by atoms with Crippen molar-refractivity contribution in [3.8, 4) is 0 Å². The number of piperidine rings is 1. The lowest BCUT2D eigenvalue weighted by Gasteiger charge is -2.54. The van der Waals surface area contributed by atoms with Gasteiger partial charge < -0.3 is 27.0 Å². The van der Waals surface area contributed by atoms with Gasteiger partial charge in [0.25, 0.3) is 0 Å². The number of nitrogens with zero attached hydrogens (tertiary/aromatic N) is 2. The van der Waals surface area contributed by atoms with Gasteiger partial charge in [0, 0.05) is 38.1 Å². The molecular weight excluding hydrogens is 330 g/mol. The van der Waals surface area contributed by atoms with Crippen LogP contribution in [-0.4, -0.2) is 66.4 Å². The molecule has 2 atom stereocenters. The van der Waals surface area contributed by atoms with Crippen molar-refractivity contribution >= 4 is 11.8 Å². The molecule has 3 rings (SSSR count). The van der Waals surface area contributed by atoms with Gasteiger partial charge in [-0.2, -0.15) is 0 Å². The van der Waals surface area contributed by atoms with Gasteiger partial charge in [0.15, 0.2) is 0 Å². The van der Waals surface area contributed by atoms with E-state index >= 15 is 0 Å². The molecule has 2 fully saturated rings. The molecule has 7 heteroatoms. The number of hydrogen-bond acceptors (Lipinski definition) is 5. The monoisotopic (exact) mass is 359 g/mol. The van der Waals surface area contributed by atoms with Crippen molar-refractivity contribution < 1.29 is 9.59 Å². The molecule has 26 heavy (non-hydrogen) atoms. The first-order valence-electron chi connectivity index (χ1n) is 9.27. The number of likely N-dealkylation sites (tertiary alicyclic amines) is 2. The predicted octanol–water partition coefficient (Wildman–Crippen LogP) is -0.707. The van der Waals surface area contributed by atoms with Crippen molar-refractivity contribution in [2.75, 3.05) is 32.7 Å². The molecule has 142 valence electrons. The van der Waals surface area contributed by atoms with Crippen LogP contribution in [0.2, 0.25) is 0 Å². The van der Waals surface area contributed by atoms with E-state index in [0.717, 1.165) is 31.5 Å². The van der Waals surface area contributed by atoms with Crippen LogP contribution in [0.1, 0.15) is 18.4 Å². The Morgan fingerprint density at radius 1 is 0.962 bits per heavy atom. The largest absolute Gasteiger partial charge is 0.341 e. The molecule has 1 spiro atoms. The molecule has 0 saturated carbocycles. The summed E-state index contributed by atoms with van der Waals surface area (Å²) in [6.45, 7) is 3.01. The van der Waals surface area contributed by atoms with Gasteiger partial charge >= 0.3 is 0 Å². The summed E-state index contributed by atoms with van der Waals surface area (Å²) < 4.78 is 0. The fraction of sp³-hybridized carbons (Fsp3) is 0.579. The van der Waals surface area contributed by atoms with E-state index in [4.69, 9.17) is 17.2 Å². The Hall–Kier alpha value is -1.96. The Kier molecular flexibility index (Phi) is 5.60. The standard InChI is InChI=1S/C19H29N5O2/c20-11-16(22)18(26)23-8-6-19(7-9-23)12-24(13-19)17(25)15(21)10-14-4-2-1-3-5-14/h1-5,15-16H,6-13,20-22H2/t15-,16-/m1/s1. The smallest absolute Gasteiger partial charge is 0.240 e. The van der Waals surface area contributed by atoms with Crippen LogP contribution in [0.25, 0.3) is 0 Å². The van der Waals surface area contributed by atoms with Gasteiger partial charge in [0.1, 0.15) is 0 Å². The molecule has 2 heterocycles. The molecule has 0 aromatic heterocycles. The van der Waals surface area contributed by atoms with E-state index in [-0.39, 0.29) is 23.8 Å². The van der Waals surface area contributed by atoms with E-state index in [2.05, 4.69) is 0 Å². The van der Waals surface area contributed by atoms with Crippen molar-refractivity contribution in [2.24, 2.45) is 22.6 Å². The van der Waals surface area contributed by atoms with Crippen LogP contribution in [0.3, 0.4) is 0 Å². The van der Waals surface area contributed by atoms with Crippen LogP contribution in [0.5, 0.6) is 0 Å². The molecule has 0 aliphatic carbocycles. The van der Waals surface area contributed by atoms with Crippen LogP contribution in [-0.2, 0) is 16.0 Å². The Morgan fingerprint density at radius 3 is 2.12 bits per heavy atom. The fourth-order valence-corrected chi connectivity index (χ4v) is 3.96. The molecule has 2 saturated heterocycles. The first kappa shape index (κ1) is 18.8. The van der Waals surface area contributed by atoms with Crippen molar-refractivity contribution in [1.82, 2.24) is 9.80 Å². The number of amides is 2. The highest BCUT2D eigenvalue weighted by Crippen LogP contribution is 2.40. The molecular formula is C19H29N5O2. The minimum absolute atomic E-state index is 0.0168. The molecule has 2 amide bonds. The van der Waals surface area contributed by atoms with Gasteiger partial charge in [-0.3, -0.25) is 9.59 Å². The van der Waals surface area contributed by atoms with Crippen molar-refractivity contribution in [3.05, 3.63) is 35.9 Å². The van der Waals surface area contributed by atoms with E-state index in [9.17, 15) is 9.59 Å². The number of nitrogens with two attached hydrogens (primary N) is 3. The van der Waals surface area contributed by atoms with Crippen molar-refractivity contribution in [2.45, 2.75) is 31.3 Å². The highest BCUT2D eigenvalue weighted by Gasteiger charge is 2.48. The van der Waals surface area contributed by atoms with Crippen LogP contribution in [0.15, 0.2) is 30.3 Å². The zero-order chi connectivity index (χ0) is 18.7. The van der Waals surface area contributed by atoms with Gasteiger partial charge in [-0.15, -0.1) is 0 Å². The second-order valence-electron chi connectivity index (χ2n) is 7.66. The lowest BCUT2D eigenvalue weighted by molar-refractivity contribution is -0.151. The lowest BCUT2D eigenvalue weighted by atomic mass is 9.71. The van der Waals surface area contributed by atoms with E-state index in [1.807, 2.05) is 35.2 Å². The molecule has 2 aliphatic rings. The highest BCUT2D eigenvalue weighted by molar-refractivity contribution is 5.83. The number of hydrogen-bond donors (Lipinski definition) is 3. The average Bonchev–Trinajstić information content (AvgIpc) is 2.65. The highest BCUT2D eigenvalue weighted by atomic mass is 16.2. The quantitative estimate of drug-likeness (QED) is 0.642. The number of rotatable bonds is 5. The summed E-state index contributed by atoms with van der Waals surface area (Å²) in [6.07, 6.45) is 2.35. The number of carbonyl (C=O) groups is 2. The van der Waals surface area contributed by atoms with Crippen molar-refractivity contribution in [1.29, 1.82) is 0 Å². The summed E-state index contributed by atoms with van der Waals surface area (Å²) >= 11 is 0. The maximum atomic E-state index is 12.6. The SMILES string of the molecule is NC[C@@H](N)C(=O)N1CCC2(CC1)CN(C(=O)[C@H](N)Cc1ccccc1)C2. The first-order valence-corrected chi connectivity index (χ1v) is 9.27. The van der Waals surface area contributed by atoms with Gasteiger partial charge in [0.2, 0.25) is 11.8 Å². The summed E-state index contributed by atoms with van der Waals surface area (Å²) in [5, 5.41) is 0. The third-order valence-electron chi connectivity index (χ3n) is 5.69. The molecule has 0 bridgehead atoms. The first-order chi connectivity index (χ1) is 12.4. The van der Waals surface area contributed by atoms with E-state index in [0.29, 0.717) is 19.5 Å². The van der Waals surface area contributed by atoms with Crippen LogP contribution >= 0.6 is 0 Å². The number of carbonyl (C=O) groups excluding carboxylic acids is 2. The molecule has 7 nitrogen and oxygen atoms in total. The zero-order valence-corrected chi connectivity index (χ0v) is 15.1. The minimum Gasteiger partial charge on any atom is -0.341 e. The molecule has 6 N–H and O–H groups in total. The zero-order valence-electron chi connectivity index (χ0n) is 15.1. The second kappa shape index (κ2) is 7.73.